The summed E-state index contributed by atoms with van der Waals surface area (Å²) in [7, 11) is 0. The molecule has 4 heteroatoms. The van der Waals surface area contributed by atoms with Gasteiger partial charge in [-0.2, -0.15) is 0 Å². The van der Waals surface area contributed by atoms with Crippen LogP contribution in [0.5, 0.6) is 11.5 Å². The van der Waals surface area contributed by atoms with E-state index in [2.05, 4.69) is 0 Å². The van der Waals surface area contributed by atoms with Gasteiger partial charge < -0.3 is 9.84 Å². The highest BCUT2D eigenvalue weighted by molar-refractivity contribution is 5.85. The molecular weight excluding hydrogens is 259 g/mol. The van der Waals surface area contributed by atoms with Gasteiger partial charge in [0.15, 0.2) is 0 Å². The van der Waals surface area contributed by atoms with Crippen LogP contribution in [0.25, 0.3) is 6.08 Å². The number of carboxylic acids is 1. The number of rotatable bonds is 4. The third-order valence-electron chi connectivity index (χ3n) is 2.64. The monoisotopic (exact) mass is 272 g/mol. The molecule has 0 spiro atoms. The van der Waals surface area contributed by atoms with E-state index < -0.39 is 5.97 Å². The third-order valence-corrected chi connectivity index (χ3v) is 2.64. The Morgan fingerprint density at radius 1 is 1.25 bits per heavy atom. The quantitative estimate of drug-likeness (QED) is 0.855. The maximum atomic E-state index is 13.0. The zero-order chi connectivity index (χ0) is 14.5. The Morgan fingerprint density at radius 2 is 2.05 bits per heavy atom. The lowest BCUT2D eigenvalue weighted by Gasteiger charge is -2.09. The molecule has 3 nitrogen and oxygen atoms in total. The van der Waals surface area contributed by atoms with Crippen LogP contribution < -0.4 is 4.74 Å². The van der Waals surface area contributed by atoms with Crippen molar-refractivity contribution in [1.29, 1.82) is 0 Å². The summed E-state index contributed by atoms with van der Waals surface area (Å²) in [5.74, 6) is -0.197. The molecule has 0 radical (unpaired) electrons. The van der Waals surface area contributed by atoms with E-state index in [-0.39, 0.29) is 5.82 Å². The Bertz CT molecular complexity index is 663. The molecule has 20 heavy (non-hydrogen) atoms. The van der Waals surface area contributed by atoms with Gasteiger partial charge in [-0.25, -0.2) is 9.18 Å². The highest BCUT2D eigenvalue weighted by Crippen LogP contribution is 2.26. The molecule has 0 saturated carbocycles. The van der Waals surface area contributed by atoms with Crippen LogP contribution in [0.1, 0.15) is 11.1 Å². The smallest absolute Gasteiger partial charge is 0.328 e. The second-order valence-electron chi connectivity index (χ2n) is 4.26. The molecule has 0 fully saturated rings. The van der Waals surface area contributed by atoms with Crippen molar-refractivity contribution in [3.8, 4) is 11.5 Å². The van der Waals surface area contributed by atoms with Crippen LogP contribution in [0.2, 0.25) is 0 Å². The predicted molar refractivity (Wildman–Crippen MR) is 74.3 cm³/mol. The highest BCUT2D eigenvalue weighted by Gasteiger charge is 2.03. The summed E-state index contributed by atoms with van der Waals surface area (Å²) in [6.45, 7) is 1.76. The normalized spacial score (nSPS) is 10.7. The second kappa shape index (κ2) is 6.02. The van der Waals surface area contributed by atoms with E-state index in [1.54, 1.807) is 37.3 Å². The van der Waals surface area contributed by atoms with Gasteiger partial charge >= 0.3 is 5.97 Å². The van der Waals surface area contributed by atoms with Gasteiger partial charge in [0.1, 0.15) is 17.3 Å². The van der Waals surface area contributed by atoms with Gasteiger partial charge in [0, 0.05) is 6.08 Å². The van der Waals surface area contributed by atoms with Crippen LogP contribution in [0.15, 0.2) is 48.5 Å². The number of aliphatic carboxylic acids is 1. The average molecular weight is 272 g/mol. The molecule has 1 N–H and O–H groups in total. The van der Waals surface area contributed by atoms with Gasteiger partial charge in [0.2, 0.25) is 0 Å². The summed E-state index contributed by atoms with van der Waals surface area (Å²) in [4.78, 5) is 10.5. The van der Waals surface area contributed by atoms with Crippen molar-refractivity contribution in [1.82, 2.24) is 0 Å². The summed E-state index contributed by atoms with van der Waals surface area (Å²) in [5, 5.41) is 8.59. The summed E-state index contributed by atoms with van der Waals surface area (Å²) < 4.78 is 18.7. The summed E-state index contributed by atoms with van der Waals surface area (Å²) >= 11 is 0. The van der Waals surface area contributed by atoms with E-state index in [0.29, 0.717) is 22.6 Å². The van der Waals surface area contributed by atoms with Crippen molar-refractivity contribution in [2.75, 3.05) is 0 Å². The first kappa shape index (κ1) is 13.8. The number of hydrogen-bond donors (Lipinski definition) is 1. The molecule has 0 bridgehead atoms. The number of benzene rings is 2. The molecule has 2 aromatic rings. The topological polar surface area (TPSA) is 46.5 Å². The average Bonchev–Trinajstić information content (AvgIpc) is 2.40. The molecule has 0 heterocycles. The first-order chi connectivity index (χ1) is 9.54. The predicted octanol–water partition coefficient (Wildman–Crippen LogP) is 4.02. The van der Waals surface area contributed by atoms with E-state index in [4.69, 9.17) is 9.84 Å². The number of hydrogen-bond acceptors (Lipinski definition) is 2. The van der Waals surface area contributed by atoms with Crippen LogP contribution in [-0.2, 0) is 4.79 Å². The minimum atomic E-state index is -1.01. The highest BCUT2D eigenvalue weighted by atomic mass is 19.1. The van der Waals surface area contributed by atoms with E-state index >= 15 is 0 Å². The molecule has 2 rings (SSSR count). The fourth-order valence-electron chi connectivity index (χ4n) is 1.70. The largest absolute Gasteiger partial charge is 0.478 e. The molecule has 0 aliphatic carbocycles. The van der Waals surface area contributed by atoms with Gasteiger partial charge in [0.05, 0.1) is 0 Å². The molecule has 0 aliphatic rings. The molecule has 2 aromatic carbocycles. The zero-order valence-corrected chi connectivity index (χ0v) is 10.8. The van der Waals surface area contributed by atoms with Crippen LogP contribution in [0.4, 0.5) is 4.39 Å². The molecule has 0 unspecified atom stereocenters. The SMILES string of the molecule is Cc1cc(F)ccc1Oc1cccc(/C=C/C(=O)O)c1. The Labute approximate surface area is 115 Å². The van der Waals surface area contributed by atoms with Crippen molar-refractivity contribution in [3.05, 3.63) is 65.5 Å². The van der Waals surface area contributed by atoms with Crippen molar-refractivity contribution >= 4 is 12.0 Å². The Hall–Kier alpha value is -2.62. The molecule has 0 aliphatic heterocycles. The maximum Gasteiger partial charge on any atom is 0.328 e. The fourth-order valence-corrected chi connectivity index (χ4v) is 1.70. The van der Waals surface area contributed by atoms with E-state index in [9.17, 15) is 9.18 Å². The first-order valence-corrected chi connectivity index (χ1v) is 6.00. The Kier molecular flexibility index (Phi) is 4.15. The van der Waals surface area contributed by atoms with Gasteiger partial charge in [0.25, 0.3) is 0 Å². The molecular formula is C16H13FO3. The van der Waals surface area contributed by atoms with E-state index in [1.165, 1.54) is 18.2 Å². The van der Waals surface area contributed by atoms with Crippen LogP contribution >= 0.6 is 0 Å². The Morgan fingerprint density at radius 3 is 2.75 bits per heavy atom. The van der Waals surface area contributed by atoms with E-state index in [1.807, 2.05) is 0 Å². The van der Waals surface area contributed by atoms with Crippen LogP contribution in [0, 0.1) is 12.7 Å². The van der Waals surface area contributed by atoms with Crippen molar-refractivity contribution in [3.63, 3.8) is 0 Å². The maximum absolute atomic E-state index is 13.0. The van der Waals surface area contributed by atoms with Crippen LogP contribution in [0.3, 0.4) is 0 Å². The molecule has 102 valence electrons. The van der Waals surface area contributed by atoms with Gasteiger partial charge in [-0.1, -0.05) is 12.1 Å². The lowest BCUT2D eigenvalue weighted by Crippen LogP contribution is -1.89. The number of aryl methyl sites for hydroxylation is 1. The summed E-state index contributed by atoms with van der Waals surface area (Å²) in [6.07, 6.45) is 2.54. The number of ether oxygens (including phenoxy) is 1. The Balaban J connectivity index is 2.21. The minimum absolute atomic E-state index is 0.312. The minimum Gasteiger partial charge on any atom is -0.478 e. The number of halogens is 1. The third kappa shape index (κ3) is 3.68. The molecule has 0 aromatic heterocycles. The van der Waals surface area contributed by atoms with E-state index in [0.717, 1.165) is 6.08 Å². The second-order valence-corrected chi connectivity index (χ2v) is 4.26. The lowest BCUT2D eigenvalue weighted by molar-refractivity contribution is -0.131. The van der Waals surface area contributed by atoms with Crippen LogP contribution in [-0.4, -0.2) is 11.1 Å². The fraction of sp³-hybridized carbons (Fsp3) is 0.0625. The van der Waals surface area contributed by atoms with Gasteiger partial charge in [-0.05, 0) is 54.5 Å². The van der Waals surface area contributed by atoms with Crippen molar-refractivity contribution < 1.29 is 19.0 Å². The van der Waals surface area contributed by atoms with Crippen molar-refractivity contribution in [2.24, 2.45) is 0 Å². The van der Waals surface area contributed by atoms with Gasteiger partial charge in [-0.15, -0.1) is 0 Å². The number of carbonyl (C=O) groups is 1. The van der Waals surface area contributed by atoms with Gasteiger partial charge in [-0.3, -0.25) is 0 Å². The number of carboxylic acid groups (broad SMARTS) is 1. The molecule has 0 atom stereocenters. The molecule has 0 saturated heterocycles. The first-order valence-electron chi connectivity index (χ1n) is 6.00. The lowest BCUT2D eigenvalue weighted by atomic mass is 10.2. The van der Waals surface area contributed by atoms with Crippen molar-refractivity contribution in [2.45, 2.75) is 6.92 Å². The summed E-state index contributed by atoms with van der Waals surface area (Å²) in [6, 6.07) is 11.3. The zero-order valence-electron chi connectivity index (χ0n) is 10.8. The molecule has 0 amide bonds. The standard InChI is InChI=1S/C16H13FO3/c1-11-9-13(17)6-7-15(11)20-14-4-2-3-12(10-14)5-8-16(18)19/h2-10H,1H3,(H,18,19)/b8-5+. The summed E-state index contributed by atoms with van der Waals surface area (Å²) in [5.41, 5.74) is 1.40.